The third-order valence-electron chi connectivity index (χ3n) is 4.19. The van der Waals surface area contributed by atoms with Gasteiger partial charge in [0.1, 0.15) is 0 Å². The van der Waals surface area contributed by atoms with Crippen LogP contribution in [0.15, 0.2) is 30.5 Å². The van der Waals surface area contributed by atoms with Crippen LogP contribution in [-0.2, 0) is 13.0 Å². The summed E-state index contributed by atoms with van der Waals surface area (Å²) >= 11 is 0. The van der Waals surface area contributed by atoms with E-state index in [0.29, 0.717) is 6.54 Å². The Balaban J connectivity index is 1.87. The van der Waals surface area contributed by atoms with Crippen molar-refractivity contribution >= 4 is 5.69 Å². The lowest BCUT2D eigenvalue weighted by molar-refractivity contribution is 0.496. The molecule has 0 fully saturated rings. The minimum Gasteiger partial charge on any atom is -0.375 e. The number of nitrogens with one attached hydrogen (secondary N) is 1. The number of aryl methyl sites for hydroxylation is 1. The maximum atomic E-state index is 4.62. The summed E-state index contributed by atoms with van der Waals surface area (Å²) in [6, 6.07) is 8.54. The maximum Gasteiger partial charge on any atom is 0.170 e. The van der Waals surface area contributed by atoms with Gasteiger partial charge in [-0.3, -0.25) is 0 Å². The summed E-state index contributed by atoms with van der Waals surface area (Å²) in [4.78, 5) is 0. The van der Waals surface area contributed by atoms with E-state index in [0.717, 1.165) is 30.0 Å². The van der Waals surface area contributed by atoms with E-state index >= 15 is 0 Å². The third-order valence-corrected chi connectivity index (χ3v) is 4.19. The molecule has 0 aliphatic carbocycles. The highest BCUT2D eigenvalue weighted by molar-refractivity contribution is 5.52. The number of tetrazole rings is 1. The molecule has 3 aromatic rings. The molecule has 0 amide bonds. The first kappa shape index (κ1) is 17.1. The average Bonchev–Trinajstić information content (AvgIpc) is 3.21. The van der Waals surface area contributed by atoms with Crippen LogP contribution in [0.1, 0.15) is 50.3 Å². The Kier molecular flexibility index (Phi) is 5.11. The van der Waals surface area contributed by atoms with Crippen LogP contribution in [0, 0.1) is 6.92 Å². The SMILES string of the molecule is CCCc1c(NCc2nnnn2C(C)C)cnn1-c1ccccc1C. The Morgan fingerprint density at radius 3 is 2.72 bits per heavy atom. The van der Waals surface area contributed by atoms with Gasteiger partial charge in [0, 0.05) is 0 Å². The molecule has 0 spiro atoms. The van der Waals surface area contributed by atoms with Crippen LogP contribution < -0.4 is 5.32 Å². The van der Waals surface area contributed by atoms with Crippen molar-refractivity contribution in [3.8, 4) is 5.69 Å². The fourth-order valence-corrected chi connectivity index (χ4v) is 2.91. The molecule has 7 heteroatoms. The summed E-state index contributed by atoms with van der Waals surface area (Å²) in [7, 11) is 0. The molecular weight excluding hydrogens is 314 g/mol. The van der Waals surface area contributed by atoms with E-state index in [1.807, 2.05) is 27.7 Å². The molecule has 0 radical (unpaired) electrons. The van der Waals surface area contributed by atoms with Gasteiger partial charge in [-0.25, -0.2) is 9.36 Å². The van der Waals surface area contributed by atoms with E-state index in [9.17, 15) is 0 Å². The zero-order valence-corrected chi connectivity index (χ0v) is 15.3. The van der Waals surface area contributed by atoms with Crippen LogP contribution >= 0.6 is 0 Å². The van der Waals surface area contributed by atoms with E-state index in [-0.39, 0.29) is 6.04 Å². The first-order valence-corrected chi connectivity index (χ1v) is 8.75. The van der Waals surface area contributed by atoms with Gasteiger partial charge >= 0.3 is 0 Å². The number of nitrogens with zero attached hydrogens (tertiary/aromatic N) is 6. The second-order valence-electron chi connectivity index (χ2n) is 6.44. The van der Waals surface area contributed by atoms with Crippen molar-refractivity contribution in [2.45, 2.75) is 53.1 Å². The van der Waals surface area contributed by atoms with Gasteiger partial charge in [0.25, 0.3) is 0 Å². The van der Waals surface area contributed by atoms with Crippen molar-refractivity contribution in [3.05, 3.63) is 47.5 Å². The summed E-state index contributed by atoms with van der Waals surface area (Å²) in [5.74, 6) is 0.820. The normalized spacial score (nSPS) is 11.2. The van der Waals surface area contributed by atoms with Crippen LogP contribution in [0.3, 0.4) is 0 Å². The Bertz CT molecular complexity index is 832. The highest BCUT2D eigenvalue weighted by atomic mass is 15.5. The van der Waals surface area contributed by atoms with Crippen molar-refractivity contribution in [1.29, 1.82) is 0 Å². The molecule has 25 heavy (non-hydrogen) atoms. The number of rotatable bonds is 7. The van der Waals surface area contributed by atoms with Crippen molar-refractivity contribution in [2.24, 2.45) is 0 Å². The Morgan fingerprint density at radius 1 is 1.20 bits per heavy atom. The molecule has 1 aromatic carbocycles. The number of para-hydroxylation sites is 1. The number of anilines is 1. The highest BCUT2D eigenvalue weighted by Gasteiger charge is 2.15. The molecule has 0 atom stereocenters. The lowest BCUT2D eigenvalue weighted by atomic mass is 10.1. The number of hydrogen-bond acceptors (Lipinski definition) is 5. The minimum absolute atomic E-state index is 0.233. The van der Waals surface area contributed by atoms with E-state index in [1.165, 1.54) is 11.3 Å². The van der Waals surface area contributed by atoms with E-state index in [4.69, 9.17) is 0 Å². The molecule has 132 valence electrons. The zero-order valence-electron chi connectivity index (χ0n) is 15.3. The summed E-state index contributed by atoms with van der Waals surface area (Å²) in [5.41, 5.74) is 4.54. The fraction of sp³-hybridized carbons (Fsp3) is 0.444. The van der Waals surface area contributed by atoms with E-state index in [1.54, 1.807) is 0 Å². The first-order chi connectivity index (χ1) is 12.1. The molecule has 0 bridgehead atoms. The van der Waals surface area contributed by atoms with Gasteiger partial charge in [-0.15, -0.1) is 5.10 Å². The van der Waals surface area contributed by atoms with Crippen molar-refractivity contribution < 1.29 is 0 Å². The predicted octanol–water partition coefficient (Wildman–Crippen LogP) is 3.31. The molecule has 0 unspecified atom stereocenters. The predicted molar refractivity (Wildman–Crippen MR) is 97.8 cm³/mol. The average molecular weight is 339 g/mol. The van der Waals surface area contributed by atoms with E-state index in [2.05, 4.69) is 65.8 Å². The molecule has 0 aliphatic heterocycles. The Labute approximate surface area is 148 Å². The number of hydrogen-bond donors (Lipinski definition) is 1. The number of aromatic nitrogens is 6. The molecule has 0 aliphatic rings. The molecule has 7 nitrogen and oxygen atoms in total. The second kappa shape index (κ2) is 7.46. The van der Waals surface area contributed by atoms with Crippen molar-refractivity contribution in [3.63, 3.8) is 0 Å². The quantitative estimate of drug-likeness (QED) is 0.715. The van der Waals surface area contributed by atoms with Crippen LogP contribution in [-0.4, -0.2) is 30.0 Å². The van der Waals surface area contributed by atoms with Crippen molar-refractivity contribution in [2.75, 3.05) is 5.32 Å². The second-order valence-corrected chi connectivity index (χ2v) is 6.44. The molecule has 2 aromatic heterocycles. The molecule has 2 heterocycles. The van der Waals surface area contributed by atoms with Gasteiger partial charge in [0.2, 0.25) is 0 Å². The standard InChI is InChI=1S/C18H25N7/c1-5-8-17-15(19-12-18-21-22-23-24(18)13(2)3)11-20-25(17)16-10-7-6-9-14(16)4/h6-7,9-11,13,19H,5,8,12H2,1-4H3. The Hall–Kier alpha value is -2.70. The van der Waals surface area contributed by atoms with Gasteiger partial charge in [-0.05, 0) is 49.2 Å². The van der Waals surface area contributed by atoms with Gasteiger partial charge in [0.15, 0.2) is 5.82 Å². The molecule has 3 rings (SSSR count). The third kappa shape index (κ3) is 3.55. The monoisotopic (exact) mass is 339 g/mol. The fourth-order valence-electron chi connectivity index (χ4n) is 2.91. The van der Waals surface area contributed by atoms with Gasteiger partial charge < -0.3 is 5.32 Å². The number of benzene rings is 1. The maximum absolute atomic E-state index is 4.62. The molecular formula is C18H25N7. The van der Waals surface area contributed by atoms with Crippen LogP contribution in [0.5, 0.6) is 0 Å². The lowest BCUT2D eigenvalue weighted by Gasteiger charge is -2.12. The Morgan fingerprint density at radius 2 is 2.00 bits per heavy atom. The lowest BCUT2D eigenvalue weighted by Crippen LogP contribution is -2.13. The zero-order chi connectivity index (χ0) is 17.8. The van der Waals surface area contributed by atoms with Gasteiger partial charge in [-0.1, -0.05) is 31.5 Å². The highest BCUT2D eigenvalue weighted by Crippen LogP contribution is 2.23. The minimum atomic E-state index is 0.233. The van der Waals surface area contributed by atoms with Crippen LogP contribution in [0.4, 0.5) is 5.69 Å². The largest absolute Gasteiger partial charge is 0.375 e. The molecule has 0 saturated carbocycles. The van der Waals surface area contributed by atoms with Crippen LogP contribution in [0.2, 0.25) is 0 Å². The summed E-state index contributed by atoms with van der Waals surface area (Å²) < 4.78 is 3.87. The van der Waals surface area contributed by atoms with Gasteiger partial charge in [-0.2, -0.15) is 5.10 Å². The summed E-state index contributed by atoms with van der Waals surface area (Å²) in [6.45, 7) is 8.99. The molecule has 1 N–H and O–H groups in total. The first-order valence-electron chi connectivity index (χ1n) is 8.75. The summed E-state index contributed by atoms with van der Waals surface area (Å²) in [6.07, 6.45) is 3.89. The smallest absolute Gasteiger partial charge is 0.170 e. The van der Waals surface area contributed by atoms with Gasteiger partial charge in [0.05, 0.1) is 35.9 Å². The summed E-state index contributed by atoms with van der Waals surface area (Å²) in [5, 5.41) is 20.0. The topological polar surface area (TPSA) is 73.5 Å². The van der Waals surface area contributed by atoms with Crippen molar-refractivity contribution in [1.82, 2.24) is 30.0 Å². The van der Waals surface area contributed by atoms with E-state index < -0.39 is 0 Å². The molecule has 0 saturated heterocycles. The van der Waals surface area contributed by atoms with Crippen LogP contribution in [0.25, 0.3) is 5.69 Å².